The van der Waals surface area contributed by atoms with Crippen molar-refractivity contribution in [2.75, 3.05) is 6.54 Å². The SMILES string of the molecule is CC(CCNC(=O)[C@H](N)c1ccccc1)C(=O)O. The van der Waals surface area contributed by atoms with Gasteiger partial charge in [-0.15, -0.1) is 0 Å². The number of rotatable bonds is 6. The topological polar surface area (TPSA) is 92.4 Å². The number of nitrogens with one attached hydrogen (secondary N) is 1. The molecule has 0 saturated heterocycles. The minimum absolute atomic E-state index is 0.293. The molecule has 4 N–H and O–H groups in total. The van der Waals surface area contributed by atoms with Gasteiger partial charge in [-0.2, -0.15) is 0 Å². The highest BCUT2D eigenvalue weighted by molar-refractivity contribution is 5.82. The van der Waals surface area contributed by atoms with Crippen molar-refractivity contribution in [1.82, 2.24) is 5.32 Å². The summed E-state index contributed by atoms with van der Waals surface area (Å²) in [6, 6.07) is 8.33. The Balaban J connectivity index is 2.40. The number of nitrogens with two attached hydrogens (primary N) is 1. The maximum absolute atomic E-state index is 11.7. The van der Waals surface area contributed by atoms with E-state index in [0.717, 1.165) is 5.56 Å². The van der Waals surface area contributed by atoms with Crippen LogP contribution in [0.15, 0.2) is 30.3 Å². The van der Waals surface area contributed by atoms with Gasteiger partial charge in [-0.3, -0.25) is 9.59 Å². The van der Waals surface area contributed by atoms with Crippen molar-refractivity contribution in [1.29, 1.82) is 0 Å². The summed E-state index contributed by atoms with van der Waals surface area (Å²) >= 11 is 0. The summed E-state index contributed by atoms with van der Waals surface area (Å²) in [7, 11) is 0. The molecule has 1 aromatic rings. The van der Waals surface area contributed by atoms with Gasteiger partial charge in [0.15, 0.2) is 0 Å². The molecule has 1 unspecified atom stereocenters. The largest absolute Gasteiger partial charge is 0.481 e. The average molecular weight is 250 g/mol. The molecule has 0 saturated carbocycles. The molecule has 18 heavy (non-hydrogen) atoms. The second-order valence-corrected chi connectivity index (χ2v) is 4.21. The van der Waals surface area contributed by atoms with E-state index in [1.54, 1.807) is 19.1 Å². The summed E-state index contributed by atoms with van der Waals surface area (Å²) in [6.07, 6.45) is 0.391. The van der Waals surface area contributed by atoms with Crippen LogP contribution in [-0.2, 0) is 9.59 Å². The molecule has 5 nitrogen and oxygen atoms in total. The van der Waals surface area contributed by atoms with Crippen LogP contribution in [0.4, 0.5) is 0 Å². The Labute approximate surface area is 106 Å². The fourth-order valence-corrected chi connectivity index (χ4v) is 1.46. The standard InChI is InChI=1S/C13H18N2O3/c1-9(13(17)18)7-8-15-12(16)11(14)10-5-3-2-4-6-10/h2-6,9,11H,7-8,14H2,1H3,(H,15,16)(H,17,18)/t9?,11-/m1/s1. The molecule has 0 spiro atoms. The summed E-state index contributed by atoms with van der Waals surface area (Å²) in [5, 5.41) is 11.3. The molecule has 0 heterocycles. The summed E-state index contributed by atoms with van der Waals surface area (Å²) in [5.41, 5.74) is 6.52. The zero-order chi connectivity index (χ0) is 13.5. The first kappa shape index (κ1) is 14.2. The van der Waals surface area contributed by atoms with Gasteiger partial charge in [0.2, 0.25) is 5.91 Å². The Bertz CT molecular complexity index is 406. The lowest BCUT2D eigenvalue weighted by Crippen LogP contribution is -2.35. The van der Waals surface area contributed by atoms with Gasteiger partial charge in [0.05, 0.1) is 5.92 Å². The van der Waals surface area contributed by atoms with Crippen LogP contribution < -0.4 is 11.1 Å². The molecule has 0 fully saturated rings. The maximum atomic E-state index is 11.7. The minimum atomic E-state index is -0.864. The van der Waals surface area contributed by atoms with E-state index in [9.17, 15) is 9.59 Å². The van der Waals surface area contributed by atoms with E-state index >= 15 is 0 Å². The highest BCUT2D eigenvalue weighted by atomic mass is 16.4. The Morgan fingerprint density at radius 2 is 1.94 bits per heavy atom. The first-order valence-corrected chi connectivity index (χ1v) is 5.83. The molecule has 2 atom stereocenters. The number of carbonyl (C=O) groups excluding carboxylic acids is 1. The number of aliphatic carboxylic acids is 1. The predicted octanol–water partition coefficient (Wildman–Crippen LogP) is 0.913. The molecule has 0 aromatic heterocycles. The lowest BCUT2D eigenvalue weighted by Gasteiger charge is -2.13. The molecule has 0 bridgehead atoms. The number of hydrogen-bond acceptors (Lipinski definition) is 3. The number of benzene rings is 1. The molecule has 1 amide bonds. The van der Waals surface area contributed by atoms with Gasteiger partial charge in [0.1, 0.15) is 6.04 Å². The van der Waals surface area contributed by atoms with Gasteiger partial charge >= 0.3 is 5.97 Å². The van der Waals surface area contributed by atoms with E-state index in [2.05, 4.69) is 5.32 Å². The normalized spacial score (nSPS) is 13.7. The second-order valence-electron chi connectivity index (χ2n) is 4.21. The summed E-state index contributed by atoms with van der Waals surface area (Å²) in [6.45, 7) is 1.92. The third-order valence-electron chi connectivity index (χ3n) is 2.74. The molecule has 5 heteroatoms. The first-order chi connectivity index (χ1) is 8.52. The van der Waals surface area contributed by atoms with Gasteiger partial charge in [-0.05, 0) is 12.0 Å². The molecule has 0 aliphatic heterocycles. The molecule has 1 aromatic carbocycles. The van der Waals surface area contributed by atoms with Gasteiger partial charge in [0.25, 0.3) is 0 Å². The van der Waals surface area contributed by atoms with Crippen LogP contribution in [0.25, 0.3) is 0 Å². The maximum Gasteiger partial charge on any atom is 0.306 e. The predicted molar refractivity (Wildman–Crippen MR) is 67.8 cm³/mol. The highest BCUT2D eigenvalue weighted by Crippen LogP contribution is 2.09. The highest BCUT2D eigenvalue weighted by Gasteiger charge is 2.16. The molecular formula is C13H18N2O3. The third-order valence-corrected chi connectivity index (χ3v) is 2.74. The average Bonchev–Trinajstić information content (AvgIpc) is 2.38. The molecule has 0 radical (unpaired) electrons. The summed E-state index contributed by atoms with van der Waals surface area (Å²) in [5.74, 6) is -1.63. The molecule has 1 rings (SSSR count). The van der Waals surface area contributed by atoms with Gasteiger partial charge in [0, 0.05) is 6.54 Å². The Morgan fingerprint density at radius 1 is 1.33 bits per heavy atom. The van der Waals surface area contributed by atoms with Crippen LogP contribution >= 0.6 is 0 Å². The zero-order valence-electron chi connectivity index (χ0n) is 10.3. The van der Waals surface area contributed by atoms with Crippen LogP contribution in [0.3, 0.4) is 0 Å². The van der Waals surface area contributed by atoms with Crippen molar-refractivity contribution < 1.29 is 14.7 Å². The van der Waals surface area contributed by atoms with Crippen molar-refractivity contribution in [3.05, 3.63) is 35.9 Å². The zero-order valence-corrected chi connectivity index (χ0v) is 10.3. The minimum Gasteiger partial charge on any atom is -0.481 e. The summed E-state index contributed by atoms with van der Waals surface area (Å²) < 4.78 is 0. The van der Waals surface area contributed by atoms with E-state index in [1.807, 2.05) is 18.2 Å². The van der Waals surface area contributed by atoms with Gasteiger partial charge in [-0.25, -0.2) is 0 Å². The van der Waals surface area contributed by atoms with E-state index in [-0.39, 0.29) is 5.91 Å². The van der Waals surface area contributed by atoms with Crippen LogP contribution in [-0.4, -0.2) is 23.5 Å². The molecular weight excluding hydrogens is 232 g/mol. The molecule has 98 valence electrons. The van der Waals surface area contributed by atoms with E-state index in [1.165, 1.54) is 0 Å². The number of hydrogen-bond donors (Lipinski definition) is 3. The van der Waals surface area contributed by atoms with Crippen molar-refractivity contribution in [2.24, 2.45) is 11.7 Å². The van der Waals surface area contributed by atoms with Crippen molar-refractivity contribution in [2.45, 2.75) is 19.4 Å². The van der Waals surface area contributed by atoms with E-state index in [0.29, 0.717) is 13.0 Å². The number of carboxylic acid groups (broad SMARTS) is 1. The van der Waals surface area contributed by atoms with Gasteiger partial charge in [-0.1, -0.05) is 37.3 Å². The first-order valence-electron chi connectivity index (χ1n) is 5.83. The monoisotopic (exact) mass is 250 g/mol. The third kappa shape index (κ3) is 4.18. The number of carbonyl (C=O) groups is 2. The second kappa shape index (κ2) is 6.76. The lowest BCUT2D eigenvalue weighted by molar-refractivity contribution is -0.141. The Kier molecular flexibility index (Phi) is 5.32. The lowest BCUT2D eigenvalue weighted by atomic mass is 10.1. The number of carboxylic acids is 1. The van der Waals surface area contributed by atoms with Crippen molar-refractivity contribution in [3.63, 3.8) is 0 Å². The Morgan fingerprint density at radius 3 is 2.50 bits per heavy atom. The van der Waals surface area contributed by atoms with Crippen LogP contribution in [0, 0.1) is 5.92 Å². The smallest absolute Gasteiger partial charge is 0.306 e. The fourth-order valence-electron chi connectivity index (χ4n) is 1.46. The van der Waals surface area contributed by atoms with Crippen molar-refractivity contribution >= 4 is 11.9 Å². The molecule has 0 aliphatic carbocycles. The molecule has 0 aliphatic rings. The van der Waals surface area contributed by atoms with Crippen molar-refractivity contribution in [3.8, 4) is 0 Å². The number of amides is 1. The van der Waals surface area contributed by atoms with E-state index < -0.39 is 17.9 Å². The van der Waals surface area contributed by atoms with Gasteiger partial charge < -0.3 is 16.2 Å². The summed E-state index contributed by atoms with van der Waals surface area (Å²) in [4.78, 5) is 22.3. The fraction of sp³-hybridized carbons (Fsp3) is 0.385. The van der Waals surface area contributed by atoms with Crippen LogP contribution in [0.2, 0.25) is 0 Å². The Hall–Kier alpha value is -1.88. The van der Waals surface area contributed by atoms with Crippen LogP contribution in [0.1, 0.15) is 24.9 Å². The van der Waals surface area contributed by atoms with E-state index in [4.69, 9.17) is 10.8 Å². The van der Waals surface area contributed by atoms with Crippen LogP contribution in [0.5, 0.6) is 0 Å². The quantitative estimate of drug-likeness (QED) is 0.699.